The van der Waals surface area contributed by atoms with Gasteiger partial charge in [-0.15, -0.1) is 4.91 Å². The summed E-state index contributed by atoms with van der Waals surface area (Å²) in [7, 11) is 0. The molecule has 0 radical (unpaired) electrons. The number of nitrogens with zero attached hydrogens (tertiary/aromatic N) is 1. The zero-order chi connectivity index (χ0) is 8.43. The van der Waals surface area contributed by atoms with E-state index in [2.05, 4.69) is 5.18 Å². The van der Waals surface area contributed by atoms with Crippen molar-refractivity contribution in [2.75, 3.05) is 0 Å². The number of hydrogen-bond donors (Lipinski definition) is 0. The Hall–Kier alpha value is -1.39. The molecule has 11 heavy (non-hydrogen) atoms. The molecule has 2 nitrogen and oxygen atoms in total. The Kier molecular flexibility index (Phi) is 1.89. The second-order valence-corrected chi connectivity index (χ2v) is 1.81. The quantitative estimate of drug-likeness (QED) is 0.459. The molecule has 0 fully saturated rings. The average Bonchev–Trinajstić information content (AvgIpc) is 1.97. The number of hydrogen-bond acceptors (Lipinski definition) is 2. The first-order valence-corrected chi connectivity index (χ1v) is 2.63. The zero-order valence-corrected chi connectivity index (χ0v) is 5.14. The second kappa shape index (κ2) is 2.69. The molecule has 5 heteroatoms. The van der Waals surface area contributed by atoms with Gasteiger partial charge in [-0.3, -0.25) is 0 Å². The van der Waals surface area contributed by atoms with Gasteiger partial charge in [-0.25, -0.2) is 13.2 Å². The monoisotopic (exact) mass is 161 g/mol. The zero-order valence-electron chi connectivity index (χ0n) is 5.14. The number of halogens is 3. The molecule has 0 saturated heterocycles. The third kappa shape index (κ3) is 1.36. The van der Waals surface area contributed by atoms with Crippen molar-refractivity contribution in [1.29, 1.82) is 0 Å². The Morgan fingerprint density at radius 1 is 1.00 bits per heavy atom. The first-order chi connectivity index (χ1) is 5.15. The smallest absolute Gasteiger partial charge is 0.161 e. The summed E-state index contributed by atoms with van der Waals surface area (Å²) in [6, 6.07) is 0.670. The van der Waals surface area contributed by atoms with Crippen LogP contribution in [-0.4, -0.2) is 0 Å². The molecule has 0 atom stereocenters. The molecule has 0 aliphatic rings. The lowest BCUT2D eigenvalue weighted by Gasteiger charge is -1.93. The molecule has 1 rings (SSSR count). The Morgan fingerprint density at radius 2 is 1.55 bits per heavy atom. The predicted molar refractivity (Wildman–Crippen MR) is 31.8 cm³/mol. The summed E-state index contributed by atoms with van der Waals surface area (Å²) in [6.45, 7) is 0. The fourth-order valence-corrected chi connectivity index (χ4v) is 0.582. The number of benzene rings is 1. The summed E-state index contributed by atoms with van der Waals surface area (Å²) in [5, 5.41) is 2.14. The molecule has 0 aliphatic carbocycles. The van der Waals surface area contributed by atoms with Gasteiger partial charge >= 0.3 is 0 Å². The molecule has 0 bridgehead atoms. The molecule has 0 spiro atoms. The third-order valence-corrected chi connectivity index (χ3v) is 1.09. The van der Waals surface area contributed by atoms with E-state index in [4.69, 9.17) is 0 Å². The first kappa shape index (κ1) is 7.71. The van der Waals surface area contributed by atoms with Crippen LogP contribution < -0.4 is 0 Å². The summed E-state index contributed by atoms with van der Waals surface area (Å²) < 4.78 is 36.7. The van der Waals surface area contributed by atoms with E-state index in [9.17, 15) is 18.1 Å². The fourth-order valence-electron chi connectivity index (χ4n) is 0.582. The molecule has 1 aromatic carbocycles. The van der Waals surface area contributed by atoms with E-state index in [0.29, 0.717) is 6.07 Å². The third-order valence-electron chi connectivity index (χ3n) is 1.09. The first-order valence-electron chi connectivity index (χ1n) is 2.63. The van der Waals surface area contributed by atoms with Crippen molar-refractivity contribution in [3.05, 3.63) is 34.5 Å². The Morgan fingerprint density at radius 3 is 2.09 bits per heavy atom. The van der Waals surface area contributed by atoms with Crippen molar-refractivity contribution < 1.29 is 13.2 Å². The highest BCUT2D eigenvalue weighted by Crippen LogP contribution is 2.20. The molecule has 0 saturated carbocycles. The lowest BCUT2D eigenvalue weighted by atomic mass is 10.3. The van der Waals surface area contributed by atoms with Gasteiger partial charge in [-0.2, -0.15) is 0 Å². The van der Waals surface area contributed by atoms with Crippen LogP contribution in [0.2, 0.25) is 0 Å². The minimum atomic E-state index is -1.34. The van der Waals surface area contributed by atoms with Crippen LogP contribution in [0.3, 0.4) is 0 Å². The molecule has 0 N–H and O–H groups in total. The maximum absolute atomic E-state index is 12.3. The van der Waals surface area contributed by atoms with E-state index < -0.39 is 23.1 Å². The summed E-state index contributed by atoms with van der Waals surface area (Å²) in [5.41, 5.74) is -0.732. The molecule has 58 valence electrons. The maximum atomic E-state index is 12.3. The largest absolute Gasteiger partial charge is 0.204 e. The number of rotatable bonds is 1. The van der Waals surface area contributed by atoms with E-state index >= 15 is 0 Å². The van der Waals surface area contributed by atoms with Crippen LogP contribution in [0.5, 0.6) is 0 Å². The van der Waals surface area contributed by atoms with Crippen LogP contribution in [0.25, 0.3) is 0 Å². The lowest BCUT2D eigenvalue weighted by Crippen LogP contribution is -1.85. The number of nitroso groups, excluding NO2 is 1. The standard InChI is InChI=1S/C6H2F3NO/c7-3-1-5(9)6(10-11)2-4(3)8/h1-2H. The summed E-state index contributed by atoms with van der Waals surface area (Å²) in [6.07, 6.45) is 0. The van der Waals surface area contributed by atoms with E-state index in [-0.39, 0.29) is 6.07 Å². The molecule has 0 aromatic heterocycles. The fraction of sp³-hybridized carbons (Fsp3) is 0. The van der Waals surface area contributed by atoms with Gasteiger partial charge in [0, 0.05) is 12.1 Å². The Labute approximate surface area is 59.6 Å². The van der Waals surface area contributed by atoms with Crippen LogP contribution >= 0.6 is 0 Å². The normalized spacial score (nSPS) is 9.73. The predicted octanol–water partition coefficient (Wildman–Crippen LogP) is 2.50. The summed E-state index contributed by atoms with van der Waals surface area (Å²) in [4.78, 5) is 9.71. The molecule has 0 heterocycles. The SMILES string of the molecule is O=Nc1cc(F)c(F)cc1F. The highest BCUT2D eigenvalue weighted by atomic mass is 19.2. The van der Waals surface area contributed by atoms with Gasteiger partial charge in [0.25, 0.3) is 0 Å². The van der Waals surface area contributed by atoms with E-state index in [1.807, 2.05) is 0 Å². The lowest BCUT2D eigenvalue weighted by molar-refractivity contribution is 0.496. The van der Waals surface area contributed by atoms with Gasteiger partial charge in [-0.05, 0) is 5.18 Å². The molecule has 1 aromatic rings. The molecular weight excluding hydrogens is 159 g/mol. The van der Waals surface area contributed by atoms with Crippen molar-refractivity contribution in [1.82, 2.24) is 0 Å². The van der Waals surface area contributed by atoms with Gasteiger partial charge in [0.1, 0.15) is 5.69 Å². The maximum Gasteiger partial charge on any atom is 0.161 e. The highest BCUT2D eigenvalue weighted by molar-refractivity contribution is 5.38. The van der Waals surface area contributed by atoms with E-state index in [1.165, 1.54) is 0 Å². The van der Waals surface area contributed by atoms with Crippen LogP contribution in [-0.2, 0) is 0 Å². The van der Waals surface area contributed by atoms with E-state index in [1.54, 1.807) is 0 Å². The van der Waals surface area contributed by atoms with Crippen LogP contribution in [0, 0.1) is 22.4 Å². The molecular formula is C6H2F3NO. The van der Waals surface area contributed by atoms with Gasteiger partial charge in [0.2, 0.25) is 0 Å². The van der Waals surface area contributed by atoms with Crippen molar-refractivity contribution >= 4 is 5.69 Å². The molecule has 0 amide bonds. The van der Waals surface area contributed by atoms with Crippen LogP contribution in [0.15, 0.2) is 17.3 Å². The second-order valence-electron chi connectivity index (χ2n) is 1.81. The van der Waals surface area contributed by atoms with Crippen molar-refractivity contribution in [2.45, 2.75) is 0 Å². The average molecular weight is 161 g/mol. The van der Waals surface area contributed by atoms with Gasteiger partial charge in [-0.1, -0.05) is 0 Å². The van der Waals surface area contributed by atoms with Crippen molar-refractivity contribution in [2.24, 2.45) is 5.18 Å². The van der Waals surface area contributed by atoms with Crippen LogP contribution in [0.1, 0.15) is 0 Å². The minimum absolute atomic E-state index is 0.270. The van der Waals surface area contributed by atoms with Crippen molar-refractivity contribution in [3.63, 3.8) is 0 Å². The minimum Gasteiger partial charge on any atom is -0.204 e. The topological polar surface area (TPSA) is 29.4 Å². The van der Waals surface area contributed by atoms with E-state index in [0.717, 1.165) is 0 Å². The van der Waals surface area contributed by atoms with Gasteiger partial charge in [0.05, 0.1) is 0 Å². The Bertz CT molecular complexity index is 300. The summed E-state index contributed by atoms with van der Waals surface area (Å²) in [5.74, 6) is -3.80. The Balaban J connectivity index is 3.31. The highest BCUT2D eigenvalue weighted by Gasteiger charge is 2.09. The van der Waals surface area contributed by atoms with Gasteiger partial charge < -0.3 is 0 Å². The molecule has 0 aliphatic heterocycles. The van der Waals surface area contributed by atoms with Gasteiger partial charge in [0.15, 0.2) is 17.5 Å². The van der Waals surface area contributed by atoms with Crippen LogP contribution in [0.4, 0.5) is 18.9 Å². The van der Waals surface area contributed by atoms with Crippen molar-refractivity contribution in [3.8, 4) is 0 Å². The molecule has 0 unspecified atom stereocenters. The summed E-state index contributed by atoms with van der Waals surface area (Å²) >= 11 is 0.